The van der Waals surface area contributed by atoms with Gasteiger partial charge in [-0.05, 0) is 97.7 Å². The molecule has 3 fully saturated rings. The molecule has 12 rings (SSSR count). The molecule has 0 bridgehead atoms. The van der Waals surface area contributed by atoms with Gasteiger partial charge in [-0.1, -0.05) is 87.1 Å². The van der Waals surface area contributed by atoms with Crippen LogP contribution in [0, 0.1) is 0 Å². The van der Waals surface area contributed by atoms with Gasteiger partial charge in [-0.3, -0.25) is 37.9 Å². The van der Waals surface area contributed by atoms with Crippen LogP contribution in [0.5, 0.6) is 17.2 Å². The number of carbonyl (C=O) groups excluding carboxylic acids is 3. The fourth-order valence-electron chi connectivity index (χ4n) is 12.2. The predicted octanol–water partition coefficient (Wildman–Crippen LogP) is 6.42. The fraction of sp³-hybridized carbons (Fsp3) is 0.446. The Morgan fingerprint density at radius 1 is 0.478 bits per heavy atom. The van der Waals surface area contributed by atoms with Crippen LogP contribution in [0.1, 0.15) is 107 Å². The maximum atomic E-state index is 13.1. The number of anilines is 3. The molecule has 3 aliphatic heterocycles. The van der Waals surface area contributed by atoms with E-state index in [0.29, 0.717) is 63.4 Å². The van der Waals surface area contributed by atoms with Crippen molar-refractivity contribution in [3.05, 3.63) is 176 Å². The van der Waals surface area contributed by atoms with Gasteiger partial charge < -0.3 is 65.2 Å². The number of hydrogen-bond donors (Lipinski definition) is 7. The second-order valence-electron chi connectivity index (χ2n) is 23.4. The Kier molecular flexibility index (Phi) is 21.3. The summed E-state index contributed by atoms with van der Waals surface area (Å²) < 4.78 is 70.4. The number of para-hydroxylation sites is 6. The zero-order chi connectivity index (χ0) is 63.4. The first-order valence-electron chi connectivity index (χ1n) is 30.6. The highest BCUT2D eigenvalue weighted by Gasteiger charge is 2.37. The molecule has 6 aliphatic rings. The Balaban J connectivity index is 0.000000149. The summed E-state index contributed by atoms with van der Waals surface area (Å²) in [5, 5.41) is 39.2. The lowest BCUT2D eigenvalue weighted by Gasteiger charge is -2.37. The largest absolute Gasteiger partial charge is 0.477 e. The molecule has 6 aromatic rings. The highest BCUT2D eigenvalue weighted by Crippen LogP contribution is 2.37. The average Bonchev–Trinajstić information content (AvgIpc) is 0.998. The van der Waals surface area contributed by atoms with Gasteiger partial charge in [0, 0.05) is 56.4 Å². The predicted molar refractivity (Wildman–Crippen MR) is 326 cm³/mol. The molecular weight excluding hydrogens is 1170 g/mol. The average molecular weight is 1250 g/mol. The van der Waals surface area contributed by atoms with E-state index >= 15 is 0 Å². The summed E-state index contributed by atoms with van der Waals surface area (Å²) >= 11 is 0. The number of aliphatic hydroxyl groups is 3. The molecule has 0 spiro atoms. The standard InChI is InChI=1S/2C22H25F2N3O4.C21H25N3O4/c23-22(24)27-10-9-14(11-20(27)29)12-26-13-19(31-18-8-4-2-6-16(18)26)21(30)25-15-5-1-3-7-17(15)28;23-22(24)27-12-14(9-10-20(27)29)11-26-13-19(31-18-8-4-2-6-16(18)26)21(30)25-15-5-1-3-7-17(15)28;25-17-7-3-1-5-15(17)23-21(27)19-13-24(12-14-9-10-20(26)22-11-14)16-6-2-4-8-18(16)28-19/h2,4,6,8-11,15,17,19,22,28H,1,3,5,7,12-13H2,(H,25,30);2,4,6,8-10,12,15,17,19,22,28H,1,3,5,7,11,13H2,(H,25,30);2,4,6,8-11,15,17,19,25H,1,3,5,7,12-13H2,(H,22,26)(H,23,27)/t3*15-,17-,19?/m000/s1. The van der Waals surface area contributed by atoms with Gasteiger partial charge in [0.25, 0.3) is 28.8 Å². The van der Waals surface area contributed by atoms with Crippen LogP contribution in [0.3, 0.4) is 0 Å². The Morgan fingerprint density at radius 3 is 1.26 bits per heavy atom. The van der Waals surface area contributed by atoms with E-state index in [1.807, 2.05) is 58.3 Å². The number of amides is 3. The van der Waals surface area contributed by atoms with E-state index in [1.54, 1.807) is 36.5 Å². The lowest BCUT2D eigenvalue weighted by molar-refractivity contribution is -0.130. The first-order chi connectivity index (χ1) is 43.4. The lowest BCUT2D eigenvalue weighted by Crippen LogP contribution is -2.54. The third-order valence-electron chi connectivity index (χ3n) is 17.0. The number of ether oxygens (including phenoxy) is 3. The number of rotatable bonds is 14. The Hall–Kier alpha value is -8.68. The Morgan fingerprint density at radius 2 is 0.867 bits per heavy atom. The topological polar surface area (TPSA) is 262 Å². The zero-order valence-corrected chi connectivity index (χ0v) is 49.5. The molecular formula is C65H75F4N9O12. The number of hydrogen-bond acceptors (Lipinski definition) is 15. The molecule has 25 heteroatoms. The number of fused-ring (bicyclic) bond motifs is 3. The molecule has 3 aromatic carbocycles. The number of aromatic nitrogens is 3. The molecule has 9 atom stereocenters. The van der Waals surface area contributed by atoms with Crippen molar-refractivity contribution in [1.82, 2.24) is 30.1 Å². The summed E-state index contributed by atoms with van der Waals surface area (Å²) in [4.78, 5) is 82.0. The van der Waals surface area contributed by atoms with Crippen molar-refractivity contribution in [2.45, 2.75) is 165 Å². The summed E-state index contributed by atoms with van der Waals surface area (Å²) in [6, 6.07) is 29.8. The minimum absolute atomic E-state index is 0.144. The quantitative estimate of drug-likeness (QED) is 0.0580. The van der Waals surface area contributed by atoms with Crippen molar-refractivity contribution in [2.24, 2.45) is 0 Å². The second kappa shape index (κ2) is 29.8. The van der Waals surface area contributed by atoms with Crippen LogP contribution >= 0.6 is 0 Å². The highest BCUT2D eigenvalue weighted by atomic mass is 19.3. The molecule has 0 radical (unpaired) electrons. The van der Waals surface area contributed by atoms with Crippen LogP contribution in [0.4, 0.5) is 34.6 Å². The maximum Gasteiger partial charge on any atom is 0.321 e. The molecule has 0 saturated heterocycles. The van der Waals surface area contributed by atoms with Gasteiger partial charge in [0.15, 0.2) is 18.3 Å². The molecule has 480 valence electrons. The first-order valence-corrected chi connectivity index (χ1v) is 30.6. The van der Waals surface area contributed by atoms with E-state index < -0.39 is 60.8 Å². The molecule has 21 nitrogen and oxygen atoms in total. The first kappa shape index (κ1) is 64.3. The van der Waals surface area contributed by atoms with Crippen LogP contribution in [0.25, 0.3) is 0 Å². The van der Waals surface area contributed by atoms with Crippen molar-refractivity contribution >= 4 is 34.8 Å². The fourth-order valence-corrected chi connectivity index (χ4v) is 12.2. The molecule has 3 aromatic heterocycles. The van der Waals surface area contributed by atoms with Crippen LogP contribution in [0.2, 0.25) is 0 Å². The molecule has 7 N–H and O–H groups in total. The SMILES string of the molecule is O=C(N[C@H]1CCCC[C@@H]1O)C1CN(Cc2ccc(=O)[nH]c2)c2ccccc2O1.O=C(N[C@H]1CCCC[C@@H]1O)C1CN(Cc2ccc(=O)n(C(F)F)c2)c2ccccc2O1.O=C(N[C@H]1CCCC[C@@H]1O)C1CN(Cc2ccn(C(F)F)c(=O)c2)c2ccccc2O1. The van der Waals surface area contributed by atoms with Crippen molar-refractivity contribution in [1.29, 1.82) is 0 Å². The van der Waals surface area contributed by atoms with E-state index in [1.165, 1.54) is 24.3 Å². The number of aromatic amines is 1. The van der Waals surface area contributed by atoms with Crippen molar-refractivity contribution in [2.75, 3.05) is 34.3 Å². The van der Waals surface area contributed by atoms with E-state index in [2.05, 4.69) is 25.8 Å². The number of nitrogens with one attached hydrogen (secondary N) is 4. The summed E-state index contributed by atoms with van der Waals surface area (Å²) in [7, 11) is 0. The van der Waals surface area contributed by atoms with Gasteiger partial charge in [0.1, 0.15) is 17.2 Å². The number of alkyl halides is 4. The highest BCUT2D eigenvalue weighted by molar-refractivity contribution is 5.85. The van der Waals surface area contributed by atoms with Crippen LogP contribution in [0.15, 0.2) is 142 Å². The van der Waals surface area contributed by atoms with E-state index in [4.69, 9.17) is 14.2 Å². The summed E-state index contributed by atoms with van der Waals surface area (Å²) in [6.45, 7) is -3.96. The number of nitrogens with zero attached hydrogens (tertiary/aromatic N) is 5. The maximum absolute atomic E-state index is 13.1. The van der Waals surface area contributed by atoms with Crippen LogP contribution < -0.4 is 61.5 Å². The third kappa shape index (κ3) is 16.2. The third-order valence-corrected chi connectivity index (χ3v) is 17.0. The van der Waals surface area contributed by atoms with E-state index in [9.17, 15) is 61.6 Å². The molecule has 3 unspecified atom stereocenters. The van der Waals surface area contributed by atoms with E-state index in [0.717, 1.165) is 105 Å². The zero-order valence-electron chi connectivity index (χ0n) is 49.5. The van der Waals surface area contributed by atoms with Gasteiger partial charge in [-0.2, -0.15) is 17.6 Å². The van der Waals surface area contributed by atoms with Gasteiger partial charge in [0.2, 0.25) is 5.56 Å². The van der Waals surface area contributed by atoms with Gasteiger partial charge in [-0.25, -0.2) is 0 Å². The number of H-pyrrole nitrogens is 1. The number of aliphatic hydroxyl groups excluding tert-OH is 3. The molecule has 3 amide bonds. The van der Waals surface area contributed by atoms with Gasteiger partial charge in [0.05, 0.1) is 73.1 Å². The van der Waals surface area contributed by atoms with Crippen molar-refractivity contribution < 1.29 is 61.5 Å². The second-order valence-corrected chi connectivity index (χ2v) is 23.4. The summed E-state index contributed by atoms with van der Waals surface area (Å²) in [6.07, 6.45) is 10.0. The number of halogens is 4. The monoisotopic (exact) mass is 1250 g/mol. The number of pyridine rings is 3. The lowest BCUT2D eigenvalue weighted by atomic mass is 9.92. The number of benzene rings is 3. The van der Waals surface area contributed by atoms with Gasteiger partial charge in [-0.15, -0.1) is 0 Å². The minimum Gasteiger partial charge on any atom is -0.477 e. The normalized spacial score (nSPS) is 23.5. The van der Waals surface area contributed by atoms with Crippen molar-refractivity contribution in [3.63, 3.8) is 0 Å². The summed E-state index contributed by atoms with van der Waals surface area (Å²) in [5.74, 6) is 0.871. The molecule has 6 heterocycles. The van der Waals surface area contributed by atoms with Crippen LogP contribution in [-0.4, -0.2) is 122 Å². The molecule has 3 saturated carbocycles. The molecule has 90 heavy (non-hydrogen) atoms. The molecule has 3 aliphatic carbocycles. The van der Waals surface area contributed by atoms with Crippen molar-refractivity contribution in [3.8, 4) is 17.2 Å². The van der Waals surface area contributed by atoms with E-state index in [-0.39, 0.29) is 67.6 Å². The Bertz CT molecular complexity index is 3610. The van der Waals surface area contributed by atoms with Gasteiger partial charge >= 0.3 is 13.1 Å². The smallest absolute Gasteiger partial charge is 0.321 e. The van der Waals surface area contributed by atoms with Crippen LogP contribution in [-0.2, 0) is 34.0 Å². The Labute approximate surface area is 516 Å². The summed E-state index contributed by atoms with van der Waals surface area (Å²) in [5.41, 5.74) is 2.71. The number of carbonyl (C=O) groups is 3. The minimum atomic E-state index is -2.93.